The van der Waals surface area contributed by atoms with Crippen LogP contribution in [0.3, 0.4) is 0 Å². The largest absolute Gasteiger partial charge is 0.379 e. The maximum Gasteiger partial charge on any atom is 0.249 e. The van der Waals surface area contributed by atoms with E-state index in [1.165, 1.54) is 0 Å². The van der Waals surface area contributed by atoms with Crippen molar-refractivity contribution in [2.45, 2.75) is 124 Å². The molecule has 3 aliphatic heterocycles. The van der Waals surface area contributed by atoms with Crippen LogP contribution in [0.5, 0.6) is 0 Å². The molecule has 0 radical (unpaired) electrons. The lowest BCUT2D eigenvalue weighted by atomic mass is 9.84. The molecule has 47 heavy (non-hydrogen) atoms. The number of amides is 4. The summed E-state index contributed by atoms with van der Waals surface area (Å²) in [5.74, 6) is -0.529. The molecule has 4 amide bonds. The van der Waals surface area contributed by atoms with Crippen LogP contribution in [0.4, 0.5) is 0 Å². The Morgan fingerprint density at radius 3 is 2.19 bits per heavy atom. The Bertz CT molecular complexity index is 1100. The van der Waals surface area contributed by atoms with Crippen LogP contribution in [0.25, 0.3) is 0 Å². The fourth-order valence-corrected chi connectivity index (χ4v) is 7.14. The summed E-state index contributed by atoms with van der Waals surface area (Å²) in [6, 6.07) is -1.59. The Kier molecular flexibility index (Phi) is 14.7. The molecule has 0 spiro atoms. The number of carbonyl (C=O) groups excluding carboxylic acids is 4. The van der Waals surface area contributed by atoms with Crippen LogP contribution < -0.4 is 10.6 Å². The van der Waals surface area contributed by atoms with Crippen LogP contribution >= 0.6 is 0 Å². The molecule has 0 aromatic rings. The van der Waals surface area contributed by atoms with Crippen molar-refractivity contribution in [1.82, 2.24) is 30.2 Å². The van der Waals surface area contributed by atoms with Gasteiger partial charge in [0, 0.05) is 44.8 Å². The van der Waals surface area contributed by atoms with E-state index in [0.29, 0.717) is 25.1 Å². The van der Waals surface area contributed by atoms with E-state index in [0.717, 1.165) is 71.5 Å². The number of carbonyl (C=O) groups is 4. The average Bonchev–Trinajstić information content (AvgIpc) is 3.53. The van der Waals surface area contributed by atoms with Crippen LogP contribution in [0, 0.1) is 11.3 Å². The monoisotopic (exact) mass is 660 g/mol. The van der Waals surface area contributed by atoms with Gasteiger partial charge in [-0.2, -0.15) is 0 Å². The van der Waals surface area contributed by atoms with Crippen LogP contribution in [-0.2, 0) is 23.9 Å². The summed E-state index contributed by atoms with van der Waals surface area (Å²) in [4.78, 5) is 62.6. The number of likely N-dealkylation sites (tertiary alicyclic amines) is 2. The number of hydrogen-bond donors (Lipinski definition) is 2. The highest BCUT2D eigenvalue weighted by atomic mass is 16.5. The minimum atomic E-state index is -0.725. The van der Waals surface area contributed by atoms with E-state index >= 15 is 0 Å². The third-order valence-corrected chi connectivity index (χ3v) is 10.0. The van der Waals surface area contributed by atoms with Gasteiger partial charge in [0.05, 0.1) is 25.3 Å². The van der Waals surface area contributed by atoms with E-state index in [1.807, 2.05) is 40.7 Å². The van der Waals surface area contributed by atoms with Crippen molar-refractivity contribution in [2.24, 2.45) is 11.3 Å². The van der Waals surface area contributed by atoms with Crippen molar-refractivity contribution in [3.8, 4) is 0 Å². The molecule has 0 aromatic carbocycles. The first-order valence-corrected chi connectivity index (χ1v) is 18.0. The molecular formula is C36H64N6O5. The van der Waals surface area contributed by atoms with Crippen molar-refractivity contribution in [3.05, 3.63) is 11.6 Å². The van der Waals surface area contributed by atoms with Crippen LogP contribution in [0.1, 0.15) is 93.9 Å². The first-order chi connectivity index (χ1) is 22.1. The van der Waals surface area contributed by atoms with Gasteiger partial charge in [-0.25, -0.2) is 0 Å². The van der Waals surface area contributed by atoms with Crippen LogP contribution in [0.2, 0.25) is 0 Å². The second kappa shape index (κ2) is 17.8. The molecular weight excluding hydrogens is 596 g/mol. The molecule has 0 aromatic heterocycles. The van der Waals surface area contributed by atoms with Crippen molar-refractivity contribution >= 4 is 23.6 Å². The lowest BCUT2D eigenvalue weighted by Gasteiger charge is -2.41. The zero-order chi connectivity index (χ0) is 34.9. The lowest BCUT2D eigenvalue weighted by molar-refractivity contribution is -0.142. The molecule has 3 rings (SSSR count). The number of nitrogens with zero attached hydrogens (tertiary/aromatic N) is 4. The summed E-state index contributed by atoms with van der Waals surface area (Å²) in [6.07, 6.45) is 7.00. The molecule has 0 unspecified atom stereocenters. The number of nitrogens with one attached hydrogen (secondary N) is 2. The minimum absolute atomic E-state index is 0.0157. The molecule has 2 N–H and O–H groups in total. The Balaban J connectivity index is 1.67. The molecule has 0 saturated carbocycles. The molecule has 11 heteroatoms. The van der Waals surface area contributed by atoms with E-state index < -0.39 is 17.5 Å². The molecule has 3 fully saturated rings. The normalized spacial score (nSPS) is 23.1. The van der Waals surface area contributed by atoms with Crippen LogP contribution in [0.15, 0.2) is 11.6 Å². The Labute approximate surface area is 284 Å². The fraction of sp³-hybridized carbons (Fsp3) is 0.833. The standard InChI is InChI=1S/C36H64N6O5/c1-25(2)30(39(9)35(46)31(36(6,7)8)38-33(44)29-14-10-11-18-41(29)26(3)4)24-27(5)34(45)42-19-12-15-28(42)32(43)37-16-13-17-40-20-22-47-23-21-40/h24-26,28-31H,10-23H2,1-9H3,(H,37,43)(H,38,44)/b27-24+/t28-,29+,30+,31+/m0/s1. The van der Waals surface area contributed by atoms with Crippen molar-refractivity contribution in [2.75, 3.05) is 59.5 Å². The van der Waals surface area contributed by atoms with Gasteiger partial charge in [0.1, 0.15) is 12.1 Å². The predicted molar refractivity (Wildman–Crippen MR) is 186 cm³/mol. The van der Waals surface area contributed by atoms with Gasteiger partial charge in [-0.3, -0.25) is 29.0 Å². The van der Waals surface area contributed by atoms with E-state index in [2.05, 4.69) is 34.3 Å². The van der Waals surface area contributed by atoms with Gasteiger partial charge >= 0.3 is 0 Å². The summed E-state index contributed by atoms with van der Waals surface area (Å²) in [5, 5.41) is 6.20. The van der Waals surface area contributed by atoms with Gasteiger partial charge in [0.2, 0.25) is 23.6 Å². The van der Waals surface area contributed by atoms with E-state index in [-0.39, 0.29) is 47.7 Å². The quantitative estimate of drug-likeness (QED) is 0.231. The minimum Gasteiger partial charge on any atom is -0.379 e. The highest BCUT2D eigenvalue weighted by Gasteiger charge is 2.40. The number of hydrogen-bond acceptors (Lipinski definition) is 7. The van der Waals surface area contributed by atoms with E-state index in [1.54, 1.807) is 23.8 Å². The third kappa shape index (κ3) is 10.7. The van der Waals surface area contributed by atoms with Gasteiger partial charge in [-0.1, -0.05) is 47.1 Å². The maximum absolute atomic E-state index is 14.2. The molecule has 0 bridgehead atoms. The number of ether oxygens (including phenoxy) is 1. The highest BCUT2D eigenvalue weighted by Crippen LogP contribution is 2.27. The van der Waals surface area contributed by atoms with Gasteiger partial charge in [0.25, 0.3) is 0 Å². The highest BCUT2D eigenvalue weighted by molar-refractivity contribution is 5.97. The molecule has 0 aliphatic carbocycles. The van der Waals surface area contributed by atoms with Crippen molar-refractivity contribution in [1.29, 1.82) is 0 Å². The summed E-state index contributed by atoms with van der Waals surface area (Å²) in [7, 11) is 1.76. The first-order valence-electron chi connectivity index (χ1n) is 18.0. The Morgan fingerprint density at radius 2 is 1.57 bits per heavy atom. The van der Waals surface area contributed by atoms with Crippen molar-refractivity contribution in [3.63, 3.8) is 0 Å². The summed E-state index contributed by atoms with van der Waals surface area (Å²) >= 11 is 0. The van der Waals surface area contributed by atoms with Crippen molar-refractivity contribution < 1.29 is 23.9 Å². The van der Waals surface area contributed by atoms with E-state index in [9.17, 15) is 19.2 Å². The SMILES string of the molecule is C/C(=C\[C@H](C(C)C)N(C)C(=O)[C@@H](NC(=O)[C@H]1CCCCN1C(C)C)C(C)(C)C)C(=O)N1CCC[C@H]1C(=O)NCCCN1CCOCC1. The fourth-order valence-electron chi connectivity index (χ4n) is 7.14. The second-order valence-electron chi connectivity index (χ2n) is 15.4. The molecule has 11 nitrogen and oxygen atoms in total. The molecule has 3 heterocycles. The Hall–Kier alpha value is -2.50. The predicted octanol–water partition coefficient (Wildman–Crippen LogP) is 3.04. The molecule has 268 valence electrons. The lowest BCUT2D eigenvalue weighted by Crippen LogP contribution is -2.60. The maximum atomic E-state index is 14.2. The van der Waals surface area contributed by atoms with Gasteiger partial charge in [-0.15, -0.1) is 0 Å². The molecule has 4 atom stereocenters. The zero-order valence-corrected chi connectivity index (χ0v) is 30.8. The number of morpholine rings is 1. The smallest absolute Gasteiger partial charge is 0.249 e. The number of likely N-dealkylation sites (N-methyl/N-ethyl adjacent to an activating group) is 1. The van der Waals surface area contributed by atoms with Gasteiger partial charge in [0.15, 0.2) is 0 Å². The molecule has 3 saturated heterocycles. The number of piperidine rings is 1. The molecule has 3 aliphatic rings. The van der Waals surface area contributed by atoms with Crippen LogP contribution in [-0.4, -0.2) is 133 Å². The topological polar surface area (TPSA) is 115 Å². The summed E-state index contributed by atoms with van der Waals surface area (Å²) in [5.41, 5.74) is -0.00579. The third-order valence-electron chi connectivity index (χ3n) is 10.0. The second-order valence-corrected chi connectivity index (χ2v) is 15.4. The van der Waals surface area contributed by atoms with Gasteiger partial charge in [-0.05, 0) is 77.3 Å². The Morgan fingerprint density at radius 1 is 0.915 bits per heavy atom. The first kappa shape index (κ1) is 38.9. The number of rotatable bonds is 13. The van der Waals surface area contributed by atoms with E-state index in [4.69, 9.17) is 4.74 Å². The average molecular weight is 661 g/mol. The summed E-state index contributed by atoms with van der Waals surface area (Å²) < 4.78 is 5.41. The summed E-state index contributed by atoms with van der Waals surface area (Å²) in [6.45, 7) is 22.2. The zero-order valence-electron chi connectivity index (χ0n) is 30.8. The van der Waals surface area contributed by atoms with Gasteiger partial charge < -0.3 is 25.2 Å².